The molecule has 0 saturated carbocycles. The minimum Gasteiger partial charge on any atom is -0.256 e. The molecule has 110 valence electrons. The quantitative estimate of drug-likeness (QED) is 0.624. The van der Waals surface area contributed by atoms with Crippen LogP contribution in [0.2, 0.25) is 0 Å². The van der Waals surface area contributed by atoms with Crippen molar-refractivity contribution in [2.24, 2.45) is 4.99 Å². The van der Waals surface area contributed by atoms with Crippen LogP contribution in [0.3, 0.4) is 0 Å². The van der Waals surface area contributed by atoms with E-state index in [1.165, 1.54) is 11.1 Å². The fourth-order valence-corrected chi connectivity index (χ4v) is 2.32. The summed E-state index contributed by atoms with van der Waals surface area (Å²) in [5.74, 6) is 0.485. The standard InChI is InChI=1S/C20H25N/c1-15(2)18-11-6-7-12-19(18)21-14-16-9-8-10-17(13-16)20(3,4)5/h6-15H,1-5H3. The molecule has 0 aromatic heterocycles. The molecule has 0 fully saturated rings. The molecule has 21 heavy (non-hydrogen) atoms. The first-order valence-electron chi connectivity index (χ1n) is 7.61. The second-order valence-electron chi connectivity index (χ2n) is 6.85. The molecule has 0 atom stereocenters. The number of nitrogens with zero attached hydrogens (tertiary/aromatic N) is 1. The average molecular weight is 279 g/mol. The summed E-state index contributed by atoms with van der Waals surface area (Å²) in [6.45, 7) is 11.1. The third-order valence-electron chi connectivity index (χ3n) is 3.66. The maximum atomic E-state index is 4.70. The molecule has 0 aliphatic heterocycles. The van der Waals surface area contributed by atoms with E-state index < -0.39 is 0 Å². The first kappa shape index (κ1) is 15.5. The van der Waals surface area contributed by atoms with Crippen molar-refractivity contribution in [2.75, 3.05) is 0 Å². The van der Waals surface area contributed by atoms with Crippen LogP contribution in [0, 0.1) is 0 Å². The molecule has 0 aliphatic carbocycles. The van der Waals surface area contributed by atoms with Crippen LogP contribution >= 0.6 is 0 Å². The number of hydrogen-bond acceptors (Lipinski definition) is 1. The summed E-state index contributed by atoms with van der Waals surface area (Å²) in [7, 11) is 0. The summed E-state index contributed by atoms with van der Waals surface area (Å²) in [5, 5.41) is 0. The predicted molar refractivity (Wildman–Crippen MR) is 92.9 cm³/mol. The molecule has 0 radical (unpaired) electrons. The van der Waals surface area contributed by atoms with Gasteiger partial charge in [-0.25, -0.2) is 0 Å². The van der Waals surface area contributed by atoms with E-state index in [1.807, 2.05) is 12.3 Å². The van der Waals surface area contributed by atoms with E-state index in [2.05, 4.69) is 77.1 Å². The molecule has 1 heteroatoms. The fourth-order valence-electron chi connectivity index (χ4n) is 2.32. The van der Waals surface area contributed by atoms with E-state index in [4.69, 9.17) is 4.99 Å². The number of para-hydroxylation sites is 1. The zero-order chi connectivity index (χ0) is 15.5. The van der Waals surface area contributed by atoms with Crippen molar-refractivity contribution in [2.45, 2.75) is 46.0 Å². The molecule has 0 bridgehead atoms. The van der Waals surface area contributed by atoms with Crippen molar-refractivity contribution < 1.29 is 0 Å². The van der Waals surface area contributed by atoms with Crippen molar-refractivity contribution in [3.05, 3.63) is 65.2 Å². The minimum atomic E-state index is 0.166. The maximum Gasteiger partial charge on any atom is 0.0664 e. The number of benzene rings is 2. The summed E-state index contributed by atoms with van der Waals surface area (Å²) in [6, 6.07) is 17.0. The lowest BCUT2D eigenvalue weighted by Crippen LogP contribution is -2.11. The van der Waals surface area contributed by atoms with Crippen molar-refractivity contribution in [3.63, 3.8) is 0 Å². The van der Waals surface area contributed by atoms with Gasteiger partial charge < -0.3 is 0 Å². The number of hydrogen-bond donors (Lipinski definition) is 0. The van der Waals surface area contributed by atoms with E-state index in [-0.39, 0.29) is 5.41 Å². The Bertz CT molecular complexity index is 630. The molecule has 1 nitrogen and oxygen atoms in total. The third kappa shape index (κ3) is 4.04. The van der Waals surface area contributed by atoms with Crippen LogP contribution in [-0.4, -0.2) is 6.21 Å². The SMILES string of the molecule is CC(C)c1ccccc1N=Cc1cccc(C(C)(C)C)c1. The summed E-state index contributed by atoms with van der Waals surface area (Å²) in [5.41, 5.74) is 5.01. The molecule has 0 saturated heterocycles. The Morgan fingerprint density at radius 2 is 1.67 bits per heavy atom. The van der Waals surface area contributed by atoms with Gasteiger partial charge in [0.2, 0.25) is 0 Å². The van der Waals surface area contributed by atoms with Crippen LogP contribution in [-0.2, 0) is 5.41 Å². The smallest absolute Gasteiger partial charge is 0.0664 e. The zero-order valence-corrected chi connectivity index (χ0v) is 13.7. The Kier molecular flexibility index (Phi) is 4.62. The lowest BCUT2D eigenvalue weighted by atomic mass is 9.86. The van der Waals surface area contributed by atoms with E-state index in [0.29, 0.717) is 5.92 Å². The largest absolute Gasteiger partial charge is 0.256 e. The second kappa shape index (κ2) is 6.26. The van der Waals surface area contributed by atoms with Crippen LogP contribution in [0.5, 0.6) is 0 Å². The van der Waals surface area contributed by atoms with Gasteiger partial charge in [-0.3, -0.25) is 4.99 Å². The fraction of sp³-hybridized carbons (Fsp3) is 0.350. The molecular formula is C20H25N. The van der Waals surface area contributed by atoms with E-state index in [1.54, 1.807) is 0 Å². The van der Waals surface area contributed by atoms with E-state index >= 15 is 0 Å². The van der Waals surface area contributed by atoms with Gasteiger partial charge >= 0.3 is 0 Å². The molecule has 2 rings (SSSR count). The normalized spacial score (nSPS) is 12.3. The van der Waals surface area contributed by atoms with Gasteiger partial charge in [0.25, 0.3) is 0 Å². The van der Waals surface area contributed by atoms with Gasteiger partial charge in [-0.2, -0.15) is 0 Å². The molecule has 0 amide bonds. The monoisotopic (exact) mass is 279 g/mol. The highest BCUT2D eigenvalue weighted by Gasteiger charge is 2.13. The second-order valence-corrected chi connectivity index (χ2v) is 6.85. The first-order valence-corrected chi connectivity index (χ1v) is 7.61. The summed E-state index contributed by atoms with van der Waals surface area (Å²) in [4.78, 5) is 4.70. The Morgan fingerprint density at radius 3 is 2.33 bits per heavy atom. The van der Waals surface area contributed by atoms with E-state index in [0.717, 1.165) is 11.3 Å². The van der Waals surface area contributed by atoms with Gasteiger partial charge in [0.15, 0.2) is 0 Å². The molecule has 0 unspecified atom stereocenters. The van der Waals surface area contributed by atoms with Gasteiger partial charge in [-0.1, -0.05) is 71.0 Å². The highest BCUT2D eigenvalue weighted by molar-refractivity contribution is 5.82. The van der Waals surface area contributed by atoms with E-state index in [9.17, 15) is 0 Å². The Balaban J connectivity index is 2.30. The van der Waals surface area contributed by atoms with Crippen LogP contribution in [0.25, 0.3) is 0 Å². The summed E-state index contributed by atoms with van der Waals surface area (Å²) < 4.78 is 0. The summed E-state index contributed by atoms with van der Waals surface area (Å²) >= 11 is 0. The van der Waals surface area contributed by atoms with Gasteiger partial charge in [-0.05, 0) is 40.2 Å². The van der Waals surface area contributed by atoms with Crippen LogP contribution in [0.1, 0.15) is 57.2 Å². The Hall–Kier alpha value is -1.89. The zero-order valence-electron chi connectivity index (χ0n) is 13.7. The highest BCUT2D eigenvalue weighted by Crippen LogP contribution is 2.26. The van der Waals surface area contributed by atoms with Crippen LogP contribution in [0.15, 0.2) is 53.5 Å². The third-order valence-corrected chi connectivity index (χ3v) is 3.66. The lowest BCUT2D eigenvalue weighted by molar-refractivity contribution is 0.590. The molecule has 0 aliphatic rings. The van der Waals surface area contributed by atoms with Crippen molar-refractivity contribution in [1.82, 2.24) is 0 Å². The number of aliphatic imine (C=N–C) groups is 1. The minimum absolute atomic E-state index is 0.166. The molecule has 0 heterocycles. The van der Waals surface area contributed by atoms with Crippen molar-refractivity contribution in [3.8, 4) is 0 Å². The van der Waals surface area contributed by atoms with Crippen LogP contribution < -0.4 is 0 Å². The molecule has 0 spiro atoms. The first-order chi connectivity index (χ1) is 9.88. The van der Waals surface area contributed by atoms with Crippen LogP contribution in [0.4, 0.5) is 5.69 Å². The average Bonchev–Trinajstić information content (AvgIpc) is 2.45. The molecule has 2 aromatic rings. The highest BCUT2D eigenvalue weighted by atomic mass is 14.7. The number of rotatable bonds is 3. The molecule has 2 aromatic carbocycles. The molecular weight excluding hydrogens is 254 g/mol. The van der Waals surface area contributed by atoms with Gasteiger partial charge in [0, 0.05) is 6.21 Å². The van der Waals surface area contributed by atoms with Crippen molar-refractivity contribution >= 4 is 11.9 Å². The maximum absolute atomic E-state index is 4.70. The van der Waals surface area contributed by atoms with Gasteiger partial charge in [0.05, 0.1) is 5.69 Å². The topological polar surface area (TPSA) is 12.4 Å². The molecule has 0 N–H and O–H groups in total. The van der Waals surface area contributed by atoms with Crippen molar-refractivity contribution in [1.29, 1.82) is 0 Å². The Labute approximate surface area is 128 Å². The Morgan fingerprint density at radius 1 is 0.952 bits per heavy atom. The van der Waals surface area contributed by atoms with Gasteiger partial charge in [-0.15, -0.1) is 0 Å². The van der Waals surface area contributed by atoms with Gasteiger partial charge in [0.1, 0.15) is 0 Å². The lowest BCUT2D eigenvalue weighted by Gasteiger charge is -2.19. The summed E-state index contributed by atoms with van der Waals surface area (Å²) in [6.07, 6.45) is 1.97. The predicted octanol–water partition coefficient (Wildman–Crippen LogP) is 5.86.